The van der Waals surface area contributed by atoms with Gasteiger partial charge in [-0.2, -0.15) is 0 Å². The summed E-state index contributed by atoms with van der Waals surface area (Å²) in [5, 5.41) is 6.62. The fourth-order valence-electron chi connectivity index (χ4n) is 4.40. The maximum Gasteiger partial charge on any atom is 0.252 e. The van der Waals surface area contributed by atoms with Crippen LogP contribution in [0.3, 0.4) is 0 Å². The SMILES string of the molecule is CC.NC(=O)c1cnc(Nc2ccc(C3CCOCC3)cc2)cc1NCC1CCN(S(=O)[O-])CC1. The van der Waals surface area contributed by atoms with Gasteiger partial charge in [0.2, 0.25) is 0 Å². The number of hydrogen-bond acceptors (Lipinski definition) is 7. The third-order valence-corrected chi connectivity index (χ3v) is 7.20. The number of rotatable bonds is 8. The molecule has 0 spiro atoms. The number of ether oxygens (including phenoxy) is 1. The quantitative estimate of drug-likeness (QED) is 0.468. The molecule has 9 nitrogen and oxygen atoms in total. The predicted molar refractivity (Wildman–Crippen MR) is 138 cm³/mol. The maximum atomic E-state index is 11.9. The second-order valence-corrected chi connectivity index (χ2v) is 9.53. The standard InChI is InChI=1S/C23H31N5O4S.C2H6/c24-23(29)20-15-26-22(13-21(20)25-14-16-5-9-28(10-6-16)33(30)31)27-19-3-1-17(2-4-19)18-7-11-32-12-8-18;1-2/h1-4,13,15-16,18H,5-12,14H2,(H2,24,29)(H,30,31)(H2,25,26,27);1-2H3/p-1. The van der Waals surface area contributed by atoms with Crippen molar-refractivity contribution in [3.63, 3.8) is 0 Å². The average molecular weight is 503 g/mol. The summed E-state index contributed by atoms with van der Waals surface area (Å²) in [4.78, 5) is 16.2. The molecule has 2 aliphatic rings. The highest BCUT2D eigenvalue weighted by molar-refractivity contribution is 7.76. The van der Waals surface area contributed by atoms with Gasteiger partial charge >= 0.3 is 0 Å². The lowest BCUT2D eigenvalue weighted by atomic mass is 9.92. The number of benzene rings is 1. The molecular weight excluding hydrogens is 466 g/mol. The third-order valence-electron chi connectivity index (χ3n) is 6.41. The van der Waals surface area contributed by atoms with Crippen molar-refractivity contribution in [2.24, 2.45) is 11.7 Å². The van der Waals surface area contributed by atoms with Crippen molar-refractivity contribution in [1.29, 1.82) is 0 Å². The molecule has 0 radical (unpaired) electrons. The Kier molecular flexibility index (Phi) is 10.5. The smallest absolute Gasteiger partial charge is 0.252 e. The zero-order valence-electron chi connectivity index (χ0n) is 20.5. The first-order valence-corrected chi connectivity index (χ1v) is 13.4. The summed E-state index contributed by atoms with van der Waals surface area (Å²) in [6.45, 7) is 7.28. The van der Waals surface area contributed by atoms with Gasteiger partial charge in [-0.05, 0) is 55.2 Å². The van der Waals surface area contributed by atoms with Gasteiger partial charge in [-0.25, -0.2) is 9.29 Å². The Morgan fingerprint density at radius 1 is 1.17 bits per heavy atom. The summed E-state index contributed by atoms with van der Waals surface area (Å²) < 4.78 is 29.1. The number of carbonyl (C=O) groups is 1. The first-order valence-electron chi connectivity index (χ1n) is 12.3. The van der Waals surface area contributed by atoms with Crippen LogP contribution in [0.25, 0.3) is 0 Å². The fraction of sp³-hybridized carbons (Fsp3) is 0.520. The molecule has 0 saturated carbocycles. The van der Waals surface area contributed by atoms with Crippen molar-refractivity contribution >= 4 is 34.4 Å². The predicted octanol–water partition coefficient (Wildman–Crippen LogP) is 3.76. The normalized spacial score (nSPS) is 18.3. The molecule has 192 valence electrons. The topological polar surface area (TPSA) is 133 Å². The molecule has 1 unspecified atom stereocenters. The van der Waals surface area contributed by atoms with Gasteiger partial charge in [0.1, 0.15) is 5.82 Å². The van der Waals surface area contributed by atoms with Crippen molar-refractivity contribution < 1.29 is 18.3 Å². The Morgan fingerprint density at radius 3 is 2.43 bits per heavy atom. The van der Waals surface area contributed by atoms with Gasteiger partial charge in [0.05, 0.1) is 11.3 Å². The van der Waals surface area contributed by atoms with Crippen molar-refractivity contribution in [2.45, 2.75) is 45.4 Å². The lowest BCUT2D eigenvalue weighted by Gasteiger charge is -2.32. The summed E-state index contributed by atoms with van der Waals surface area (Å²) in [7, 11) is 0. The van der Waals surface area contributed by atoms with Crippen LogP contribution in [0.5, 0.6) is 0 Å². The van der Waals surface area contributed by atoms with Crippen molar-refractivity contribution in [1.82, 2.24) is 9.29 Å². The van der Waals surface area contributed by atoms with Crippen LogP contribution in [-0.4, -0.2) is 56.8 Å². The molecule has 2 fully saturated rings. The summed E-state index contributed by atoms with van der Waals surface area (Å²) in [6.07, 6.45) is 5.11. The molecule has 2 saturated heterocycles. The van der Waals surface area contributed by atoms with E-state index >= 15 is 0 Å². The highest BCUT2D eigenvalue weighted by atomic mass is 32.2. The van der Waals surface area contributed by atoms with Crippen LogP contribution in [-0.2, 0) is 16.0 Å². The molecule has 1 amide bonds. The number of carbonyl (C=O) groups excluding carboxylic acids is 1. The first kappa shape index (κ1) is 27.1. The Balaban J connectivity index is 0.00000167. The van der Waals surface area contributed by atoms with Crippen LogP contribution < -0.4 is 16.4 Å². The molecule has 2 aromatic rings. The van der Waals surface area contributed by atoms with Crippen LogP contribution in [0.4, 0.5) is 17.2 Å². The van der Waals surface area contributed by atoms with Crippen LogP contribution in [0, 0.1) is 5.92 Å². The highest BCUT2D eigenvalue weighted by Gasteiger charge is 2.20. The number of piperidine rings is 1. The zero-order valence-corrected chi connectivity index (χ0v) is 21.3. The van der Waals surface area contributed by atoms with E-state index in [9.17, 15) is 13.6 Å². The Morgan fingerprint density at radius 2 is 1.83 bits per heavy atom. The molecule has 4 rings (SSSR count). The summed E-state index contributed by atoms with van der Waals surface area (Å²) in [5.74, 6) is 0.914. The minimum Gasteiger partial charge on any atom is -0.760 e. The number of amides is 1. The number of nitrogens with two attached hydrogens (primary N) is 1. The molecule has 0 bridgehead atoms. The van der Waals surface area contributed by atoms with Crippen LogP contribution in [0.1, 0.15) is 61.4 Å². The van der Waals surface area contributed by atoms with Gasteiger partial charge in [0.25, 0.3) is 5.91 Å². The van der Waals surface area contributed by atoms with E-state index in [0.717, 1.165) is 44.6 Å². The van der Waals surface area contributed by atoms with Crippen LogP contribution in [0.15, 0.2) is 36.5 Å². The van der Waals surface area contributed by atoms with Crippen molar-refractivity contribution in [2.75, 3.05) is 43.5 Å². The van der Waals surface area contributed by atoms with Gasteiger partial charge in [-0.3, -0.25) is 9.00 Å². The fourth-order valence-corrected chi connectivity index (χ4v) is 4.91. The van der Waals surface area contributed by atoms with Gasteiger partial charge in [0.15, 0.2) is 0 Å². The number of hydrogen-bond donors (Lipinski definition) is 3. The molecule has 1 aromatic carbocycles. The largest absolute Gasteiger partial charge is 0.760 e. The first-order chi connectivity index (χ1) is 17.0. The summed E-state index contributed by atoms with van der Waals surface area (Å²) in [5.41, 5.74) is 8.71. The molecule has 0 aliphatic carbocycles. The van der Waals surface area contributed by atoms with E-state index in [0.29, 0.717) is 48.5 Å². The Labute approximate surface area is 210 Å². The highest BCUT2D eigenvalue weighted by Crippen LogP contribution is 2.29. The van der Waals surface area contributed by atoms with E-state index in [1.54, 1.807) is 6.07 Å². The van der Waals surface area contributed by atoms with Gasteiger partial charge in [0, 0.05) is 62.1 Å². The molecular formula is C25H36N5O4S-. The number of nitrogens with one attached hydrogen (secondary N) is 2. The van der Waals surface area contributed by atoms with E-state index < -0.39 is 17.2 Å². The molecule has 10 heteroatoms. The monoisotopic (exact) mass is 502 g/mol. The second-order valence-electron chi connectivity index (χ2n) is 8.58. The lowest BCUT2D eigenvalue weighted by molar-refractivity contribution is 0.0853. The van der Waals surface area contributed by atoms with Gasteiger partial charge in [-0.15, -0.1) is 0 Å². The Hall–Kier alpha value is -2.53. The summed E-state index contributed by atoms with van der Waals surface area (Å²) >= 11 is -2.16. The third kappa shape index (κ3) is 7.73. The number of pyridine rings is 1. The number of primary amides is 1. The number of nitrogens with zero attached hydrogens (tertiary/aromatic N) is 2. The van der Waals surface area contributed by atoms with E-state index in [-0.39, 0.29) is 0 Å². The lowest BCUT2D eigenvalue weighted by Crippen LogP contribution is -2.36. The number of aromatic nitrogens is 1. The maximum absolute atomic E-state index is 11.9. The molecule has 3 heterocycles. The van der Waals surface area contributed by atoms with Crippen molar-refractivity contribution in [3.8, 4) is 0 Å². The molecule has 35 heavy (non-hydrogen) atoms. The summed E-state index contributed by atoms with van der Waals surface area (Å²) in [6, 6.07) is 10.1. The van der Waals surface area contributed by atoms with E-state index in [1.165, 1.54) is 16.1 Å². The van der Waals surface area contributed by atoms with E-state index in [1.807, 2.05) is 26.0 Å². The second kappa shape index (κ2) is 13.5. The molecule has 2 aliphatic heterocycles. The number of anilines is 3. The Bertz CT molecular complexity index is 974. The molecule has 1 aromatic heterocycles. The van der Waals surface area contributed by atoms with E-state index in [4.69, 9.17) is 10.5 Å². The van der Waals surface area contributed by atoms with Crippen LogP contribution in [0.2, 0.25) is 0 Å². The minimum absolute atomic E-state index is 0.313. The average Bonchev–Trinajstić information content (AvgIpc) is 2.90. The minimum atomic E-state index is -2.16. The van der Waals surface area contributed by atoms with E-state index in [2.05, 4.69) is 27.8 Å². The molecule has 1 atom stereocenters. The van der Waals surface area contributed by atoms with Crippen LogP contribution >= 0.6 is 0 Å². The van der Waals surface area contributed by atoms with Crippen molar-refractivity contribution in [3.05, 3.63) is 47.7 Å². The zero-order chi connectivity index (χ0) is 25.2. The van der Waals surface area contributed by atoms with Gasteiger partial charge in [-0.1, -0.05) is 26.0 Å². The van der Waals surface area contributed by atoms with Gasteiger partial charge < -0.3 is 25.7 Å². The molecule has 4 N–H and O–H groups in total.